The molecule has 0 aliphatic heterocycles. The van der Waals surface area contributed by atoms with Crippen LogP contribution in [0, 0.1) is 31.1 Å². The van der Waals surface area contributed by atoms with Gasteiger partial charge in [0.2, 0.25) is 0 Å². The Labute approximate surface area is 122 Å². The molecule has 1 heterocycles. The molecular weight excluding hydrogens is 248 g/mol. The summed E-state index contributed by atoms with van der Waals surface area (Å²) in [5, 5.41) is 4.05. The Morgan fingerprint density at radius 3 is 2.65 bits per heavy atom. The predicted octanol–water partition coefficient (Wildman–Crippen LogP) is 3.72. The van der Waals surface area contributed by atoms with E-state index in [9.17, 15) is 0 Å². The number of nitrogens with zero attached hydrogens (tertiary/aromatic N) is 2. The van der Waals surface area contributed by atoms with E-state index in [1.807, 2.05) is 13.8 Å². The van der Waals surface area contributed by atoms with Crippen LogP contribution in [-0.4, -0.2) is 23.6 Å². The van der Waals surface area contributed by atoms with Crippen LogP contribution in [0.2, 0.25) is 0 Å². The summed E-state index contributed by atoms with van der Waals surface area (Å²) in [4.78, 5) is 2.40. The van der Waals surface area contributed by atoms with Gasteiger partial charge in [0.05, 0.1) is 5.69 Å². The van der Waals surface area contributed by atoms with E-state index in [0.29, 0.717) is 5.41 Å². The van der Waals surface area contributed by atoms with Gasteiger partial charge in [-0.05, 0) is 51.0 Å². The van der Waals surface area contributed by atoms with Crippen molar-refractivity contribution in [1.29, 1.82) is 0 Å². The highest BCUT2D eigenvalue weighted by atomic mass is 16.5. The molecule has 0 unspecified atom stereocenters. The Balaban J connectivity index is 1.65. The Bertz CT molecular complexity index is 522. The van der Waals surface area contributed by atoms with Crippen molar-refractivity contribution in [1.82, 2.24) is 10.1 Å². The lowest BCUT2D eigenvalue weighted by atomic mass is 9.49. The minimum atomic E-state index is 0.522. The second-order valence-electron chi connectivity index (χ2n) is 7.30. The van der Waals surface area contributed by atoms with Crippen molar-refractivity contribution < 1.29 is 4.52 Å². The highest BCUT2D eigenvalue weighted by Crippen LogP contribution is 2.59. The monoisotopic (exact) mass is 274 g/mol. The largest absolute Gasteiger partial charge is 0.361 e. The van der Waals surface area contributed by atoms with Gasteiger partial charge in [-0.25, -0.2) is 0 Å². The van der Waals surface area contributed by atoms with Crippen LogP contribution in [0.5, 0.6) is 0 Å². The Morgan fingerprint density at radius 1 is 1.35 bits per heavy atom. The Morgan fingerprint density at radius 2 is 2.10 bits per heavy atom. The maximum atomic E-state index is 5.26. The van der Waals surface area contributed by atoms with E-state index in [-0.39, 0.29) is 0 Å². The van der Waals surface area contributed by atoms with Crippen molar-refractivity contribution in [2.24, 2.45) is 17.3 Å². The van der Waals surface area contributed by atoms with Crippen LogP contribution in [0.25, 0.3) is 0 Å². The van der Waals surface area contributed by atoms with Crippen LogP contribution >= 0.6 is 0 Å². The van der Waals surface area contributed by atoms with Crippen LogP contribution in [-0.2, 0) is 6.54 Å². The molecule has 3 aliphatic rings. The summed E-state index contributed by atoms with van der Waals surface area (Å²) in [6.45, 7) is 10.9. The van der Waals surface area contributed by atoms with E-state index in [1.165, 1.54) is 18.4 Å². The van der Waals surface area contributed by atoms with Gasteiger partial charge in [0.1, 0.15) is 5.76 Å². The molecule has 0 aromatic carbocycles. The van der Waals surface area contributed by atoms with Gasteiger partial charge in [0.25, 0.3) is 0 Å². The maximum absolute atomic E-state index is 5.26. The van der Waals surface area contributed by atoms with Gasteiger partial charge >= 0.3 is 0 Å². The fourth-order valence-corrected chi connectivity index (χ4v) is 4.02. The lowest BCUT2D eigenvalue weighted by Crippen LogP contribution is -2.49. The fraction of sp³-hybridized carbons (Fsp3) is 0.706. The van der Waals surface area contributed by atoms with E-state index in [2.05, 4.69) is 37.0 Å². The molecule has 0 spiro atoms. The number of aryl methyl sites for hydroxylation is 2. The third-order valence-corrected chi connectivity index (χ3v) is 5.64. The molecule has 1 aromatic heterocycles. The molecule has 3 aliphatic carbocycles. The van der Waals surface area contributed by atoms with Gasteiger partial charge in [-0.15, -0.1) is 0 Å². The van der Waals surface area contributed by atoms with Crippen LogP contribution in [0.15, 0.2) is 16.2 Å². The summed E-state index contributed by atoms with van der Waals surface area (Å²) < 4.78 is 5.26. The van der Waals surface area contributed by atoms with E-state index in [4.69, 9.17) is 4.52 Å². The van der Waals surface area contributed by atoms with E-state index < -0.39 is 0 Å². The van der Waals surface area contributed by atoms with E-state index >= 15 is 0 Å². The van der Waals surface area contributed by atoms with E-state index in [0.717, 1.165) is 36.4 Å². The standard InChI is InChI=1S/C17H26N2O/c1-11-15(12(2)20-18-11)10-19(5)9-13-6-7-14-8-16(13)17(14,3)4/h6,14,16H,7-10H2,1-5H3/t14-,16-/m0/s1. The van der Waals surface area contributed by atoms with Gasteiger partial charge < -0.3 is 4.52 Å². The maximum Gasteiger partial charge on any atom is 0.138 e. The number of hydrogen-bond acceptors (Lipinski definition) is 3. The topological polar surface area (TPSA) is 29.3 Å². The Kier molecular flexibility index (Phi) is 3.28. The molecule has 3 heteroatoms. The van der Waals surface area contributed by atoms with Gasteiger partial charge in [0, 0.05) is 18.7 Å². The normalized spacial score (nSPS) is 27.4. The number of likely N-dealkylation sites (N-methyl/N-ethyl adjacent to an activating group) is 1. The van der Waals surface area contributed by atoms with Crippen molar-refractivity contribution in [2.45, 2.75) is 47.1 Å². The summed E-state index contributed by atoms with van der Waals surface area (Å²) in [6.07, 6.45) is 5.17. The van der Waals surface area contributed by atoms with Crippen LogP contribution in [0.3, 0.4) is 0 Å². The first-order valence-corrected chi connectivity index (χ1v) is 7.68. The summed E-state index contributed by atoms with van der Waals surface area (Å²) >= 11 is 0. The zero-order valence-corrected chi connectivity index (χ0v) is 13.4. The number of rotatable bonds is 4. The smallest absolute Gasteiger partial charge is 0.138 e. The molecule has 1 saturated carbocycles. The summed E-state index contributed by atoms with van der Waals surface area (Å²) in [5.74, 6) is 2.67. The third-order valence-electron chi connectivity index (χ3n) is 5.64. The van der Waals surface area contributed by atoms with Gasteiger partial charge in [-0.2, -0.15) is 0 Å². The second kappa shape index (κ2) is 4.73. The number of aromatic nitrogens is 1. The Hall–Kier alpha value is -1.09. The molecule has 0 N–H and O–H groups in total. The van der Waals surface area contributed by atoms with Gasteiger partial charge in [-0.1, -0.05) is 30.7 Å². The second-order valence-corrected chi connectivity index (χ2v) is 7.30. The predicted molar refractivity (Wildman–Crippen MR) is 80.4 cm³/mol. The minimum Gasteiger partial charge on any atom is -0.361 e. The SMILES string of the molecule is Cc1noc(C)c1CN(C)CC1=CC[C@H]2C[C@@H]1C2(C)C. The molecule has 4 rings (SSSR count). The number of hydrogen-bond donors (Lipinski definition) is 0. The first-order chi connectivity index (χ1) is 9.39. The third kappa shape index (κ3) is 2.12. The summed E-state index contributed by atoms with van der Waals surface area (Å²) in [5.41, 5.74) is 4.44. The average Bonchev–Trinajstić information content (AvgIpc) is 2.70. The quantitative estimate of drug-likeness (QED) is 0.784. The first kappa shape index (κ1) is 13.9. The summed E-state index contributed by atoms with van der Waals surface area (Å²) in [7, 11) is 2.20. The first-order valence-electron chi connectivity index (χ1n) is 7.68. The highest BCUT2D eigenvalue weighted by Gasteiger charge is 2.50. The average molecular weight is 274 g/mol. The molecule has 0 radical (unpaired) electrons. The molecule has 0 amide bonds. The summed E-state index contributed by atoms with van der Waals surface area (Å²) in [6, 6.07) is 0. The molecule has 0 saturated heterocycles. The van der Waals surface area contributed by atoms with Crippen molar-refractivity contribution in [2.75, 3.05) is 13.6 Å². The molecule has 3 nitrogen and oxygen atoms in total. The van der Waals surface area contributed by atoms with Crippen molar-refractivity contribution in [3.05, 3.63) is 28.7 Å². The molecule has 2 bridgehead atoms. The zero-order chi connectivity index (χ0) is 14.5. The fourth-order valence-electron chi connectivity index (χ4n) is 4.02. The minimum absolute atomic E-state index is 0.522. The van der Waals surface area contributed by atoms with Crippen molar-refractivity contribution in [3.63, 3.8) is 0 Å². The van der Waals surface area contributed by atoms with Gasteiger partial charge in [-0.3, -0.25) is 4.90 Å². The van der Waals surface area contributed by atoms with Crippen molar-refractivity contribution >= 4 is 0 Å². The number of allylic oxidation sites excluding steroid dienone is 1. The molecule has 110 valence electrons. The van der Waals surface area contributed by atoms with E-state index in [1.54, 1.807) is 5.57 Å². The van der Waals surface area contributed by atoms with Crippen LogP contribution in [0.4, 0.5) is 0 Å². The molecule has 1 fully saturated rings. The van der Waals surface area contributed by atoms with Crippen LogP contribution < -0.4 is 0 Å². The molecule has 2 atom stereocenters. The lowest BCUT2D eigenvalue weighted by Gasteiger charge is -2.57. The van der Waals surface area contributed by atoms with Crippen LogP contribution in [0.1, 0.15) is 43.7 Å². The van der Waals surface area contributed by atoms with Crippen molar-refractivity contribution in [3.8, 4) is 0 Å². The molecule has 1 aromatic rings. The number of fused-ring (bicyclic) bond motifs is 1. The molecule has 20 heavy (non-hydrogen) atoms. The highest BCUT2D eigenvalue weighted by molar-refractivity contribution is 5.25. The molecular formula is C17H26N2O. The zero-order valence-electron chi connectivity index (χ0n) is 13.4. The lowest BCUT2D eigenvalue weighted by molar-refractivity contribution is -0.0102. The van der Waals surface area contributed by atoms with Gasteiger partial charge in [0.15, 0.2) is 0 Å².